The SMILES string of the molecule is CCN1CCOC(CNC(=O)NCC(C)CC(=O)O)C1. The fourth-order valence-corrected chi connectivity index (χ4v) is 2.10. The van der Waals surface area contributed by atoms with E-state index in [0.717, 1.165) is 19.6 Å². The predicted molar refractivity (Wildman–Crippen MR) is 74.7 cm³/mol. The maximum Gasteiger partial charge on any atom is 0.314 e. The zero-order chi connectivity index (χ0) is 15.0. The highest BCUT2D eigenvalue weighted by molar-refractivity contribution is 5.74. The summed E-state index contributed by atoms with van der Waals surface area (Å²) in [6, 6.07) is -0.278. The molecule has 0 bridgehead atoms. The Balaban J connectivity index is 2.14. The molecule has 2 unspecified atom stereocenters. The number of nitrogens with zero attached hydrogens (tertiary/aromatic N) is 1. The molecular formula is C13H25N3O4. The zero-order valence-corrected chi connectivity index (χ0v) is 12.2. The molecular weight excluding hydrogens is 262 g/mol. The van der Waals surface area contributed by atoms with Crippen molar-refractivity contribution in [2.24, 2.45) is 5.92 Å². The van der Waals surface area contributed by atoms with E-state index in [1.807, 2.05) is 0 Å². The van der Waals surface area contributed by atoms with Gasteiger partial charge in [-0.05, 0) is 12.5 Å². The van der Waals surface area contributed by atoms with Crippen LogP contribution in [0.2, 0.25) is 0 Å². The lowest BCUT2D eigenvalue weighted by molar-refractivity contribution is -0.137. The minimum Gasteiger partial charge on any atom is -0.481 e. The number of carbonyl (C=O) groups excluding carboxylic acids is 1. The molecule has 1 saturated heterocycles. The van der Waals surface area contributed by atoms with Gasteiger partial charge in [0.25, 0.3) is 0 Å². The summed E-state index contributed by atoms with van der Waals surface area (Å²) in [7, 11) is 0. The molecule has 0 aromatic heterocycles. The molecule has 0 radical (unpaired) electrons. The average molecular weight is 287 g/mol. The fourth-order valence-electron chi connectivity index (χ4n) is 2.10. The lowest BCUT2D eigenvalue weighted by atomic mass is 10.1. The number of carbonyl (C=O) groups is 2. The number of morpholine rings is 1. The summed E-state index contributed by atoms with van der Waals surface area (Å²) in [6.45, 7) is 8.15. The van der Waals surface area contributed by atoms with E-state index in [1.165, 1.54) is 0 Å². The van der Waals surface area contributed by atoms with Crippen molar-refractivity contribution >= 4 is 12.0 Å². The van der Waals surface area contributed by atoms with Gasteiger partial charge < -0.3 is 20.5 Å². The van der Waals surface area contributed by atoms with Crippen LogP contribution in [0.4, 0.5) is 4.79 Å². The second kappa shape index (κ2) is 8.76. The highest BCUT2D eigenvalue weighted by Gasteiger charge is 2.19. The molecule has 1 aliphatic heterocycles. The van der Waals surface area contributed by atoms with Crippen LogP contribution in [0.5, 0.6) is 0 Å². The number of urea groups is 1. The summed E-state index contributed by atoms with van der Waals surface area (Å²) in [5.41, 5.74) is 0. The highest BCUT2D eigenvalue weighted by atomic mass is 16.5. The summed E-state index contributed by atoms with van der Waals surface area (Å²) in [6.07, 6.45) is 0.0724. The molecule has 0 aliphatic carbocycles. The second-order valence-electron chi connectivity index (χ2n) is 5.18. The lowest BCUT2D eigenvalue weighted by Crippen LogP contribution is -2.49. The molecule has 1 heterocycles. The van der Waals surface area contributed by atoms with Gasteiger partial charge in [-0.3, -0.25) is 9.69 Å². The van der Waals surface area contributed by atoms with Crippen molar-refractivity contribution in [3.63, 3.8) is 0 Å². The van der Waals surface area contributed by atoms with Gasteiger partial charge in [0, 0.05) is 32.6 Å². The summed E-state index contributed by atoms with van der Waals surface area (Å²) in [4.78, 5) is 24.4. The minimum atomic E-state index is -0.852. The summed E-state index contributed by atoms with van der Waals surface area (Å²) < 4.78 is 5.58. The Morgan fingerprint density at radius 1 is 1.45 bits per heavy atom. The standard InChI is InChI=1S/C13H25N3O4/c1-3-16-4-5-20-11(9-16)8-15-13(19)14-7-10(2)6-12(17)18/h10-11H,3-9H2,1-2H3,(H,17,18)(H2,14,15,19). The molecule has 7 nitrogen and oxygen atoms in total. The van der Waals surface area contributed by atoms with Crippen molar-refractivity contribution in [2.75, 3.05) is 39.3 Å². The molecule has 2 amide bonds. The van der Waals surface area contributed by atoms with Gasteiger partial charge in [-0.1, -0.05) is 13.8 Å². The number of hydrogen-bond donors (Lipinski definition) is 3. The van der Waals surface area contributed by atoms with Gasteiger partial charge in [0.05, 0.1) is 12.7 Å². The first-order valence-corrected chi connectivity index (χ1v) is 7.08. The van der Waals surface area contributed by atoms with Gasteiger partial charge >= 0.3 is 12.0 Å². The van der Waals surface area contributed by atoms with Crippen molar-refractivity contribution in [1.82, 2.24) is 15.5 Å². The van der Waals surface area contributed by atoms with E-state index >= 15 is 0 Å². The number of aliphatic carboxylic acids is 1. The number of carboxylic acids is 1. The molecule has 1 fully saturated rings. The predicted octanol–water partition coefficient (Wildman–Crippen LogP) is 0.117. The third kappa shape index (κ3) is 6.72. The first-order chi connectivity index (χ1) is 9.51. The molecule has 1 rings (SSSR count). The van der Waals surface area contributed by atoms with Gasteiger partial charge in [0.15, 0.2) is 0 Å². The fraction of sp³-hybridized carbons (Fsp3) is 0.846. The Morgan fingerprint density at radius 2 is 2.20 bits per heavy atom. The van der Waals surface area contributed by atoms with E-state index in [9.17, 15) is 9.59 Å². The van der Waals surface area contributed by atoms with Crippen LogP contribution in [-0.2, 0) is 9.53 Å². The number of rotatable bonds is 7. The third-order valence-corrected chi connectivity index (χ3v) is 3.29. The Hall–Kier alpha value is -1.34. The molecule has 20 heavy (non-hydrogen) atoms. The summed E-state index contributed by atoms with van der Waals surface area (Å²) in [5.74, 6) is -0.935. The van der Waals surface area contributed by atoms with Crippen LogP contribution in [0.1, 0.15) is 20.3 Å². The molecule has 0 aromatic carbocycles. The van der Waals surface area contributed by atoms with E-state index in [1.54, 1.807) is 6.92 Å². The minimum absolute atomic E-state index is 0.0193. The molecule has 0 saturated carbocycles. The Labute approximate surface area is 119 Å². The normalized spacial score (nSPS) is 21.2. The van der Waals surface area contributed by atoms with E-state index in [4.69, 9.17) is 9.84 Å². The summed E-state index contributed by atoms with van der Waals surface area (Å²) >= 11 is 0. The Morgan fingerprint density at radius 3 is 2.85 bits per heavy atom. The molecule has 0 aromatic rings. The summed E-state index contributed by atoms with van der Waals surface area (Å²) in [5, 5.41) is 14.0. The number of nitrogens with one attached hydrogen (secondary N) is 2. The largest absolute Gasteiger partial charge is 0.481 e. The van der Waals surface area contributed by atoms with Gasteiger partial charge in [-0.25, -0.2) is 4.79 Å². The smallest absolute Gasteiger partial charge is 0.314 e. The second-order valence-corrected chi connectivity index (χ2v) is 5.18. The molecule has 116 valence electrons. The Bertz CT molecular complexity index is 325. The average Bonchev–Trinajstić information content (AvgIpc) is 2.42. The highest BCUT2D eigenvalue weighted by Crippen LogP contribution is 2.03. The topological polar surface area (TPSA) is 90.9 Å². The van der Waals surface area contributed by atoms with Crippen LogP contribution in [0.3, 0.4) is 0 Å². The maximum atomic E-state index is 11.6. The first-order valence-electron chi connectivity index (χ1n) is 7.08. The van der Waals surface area contributed by atoms with Crippen molar-refractivity contribution in [3.8, 4) is 0 Å². The van der Waals surface area contributed by atoms with Crippen LogP contribution in [0.15, 0.2) is 0 Å². The van der Waals surface area contributed by atoms with Gasteiger partial charge in [0.2, 0.25) is 0 Å². The van der Waals surface area contributed by atoms with E-state index < -0.39 is 5.97 Å². The molecule has 0 spiro atoms. The number of likely N-dealkylation sites (N-methyl/N-ethyl adjacent to an activating group) is 1. The third-order valence-electron chi connectivity index (χ3n) is 3.29. The van der Waals surface area contributed by atoms with Crippen molar-refractivity contribution in [1.29, 1.82) is 0 Å². The molecule has 7 heteroatoms. The monoisotopic (exact) mass is 287 g/mol. The maximum absolute atomic E-state index is 11.6. The van der Waals surface area contributed by atoms with Crippen LogP contribution >= 0.6 is 0 Å². The van der Waals surface area contributed by atoms with E-state index in [-0.39, 0.29) is 24.5 Å². The molecule has 1 aliphatic rings. The van der Waals surface area contributed by atoms with Crippen LogP contribution in [0, 0.1) is 5.92 Å². The molecule has 2 atom stereocenters. The van der Waals surface area contributed by atoms with Gasteiger partial charge in [0.1, 0.15) is 0 Å². The van der Waals surface area contributed by atoms with E-state index in [0.29, 0.717) is 19.7 Å². The lowest BCUT2D eigenvalue weighted by Gasteiger charge is -2.32. The van der Waals surface area contributed by atoms with Crippen molar-refractivity contribution in [3.05, 3.63) is 0 Å². The van der Waals surface area contributed by atoms with Crippen LogP contribution in [-0.4, -0.2) is 67.4 Å². The quantitative estimate of drug-likeness (QED) is 0.618. The number of ether oxygens (including phenoxy) is 1. The van der Waals surface area contributed by atoms with E-state index in [2.05, 4.69) is 22.5 Å². The number of carboxylic acid groups (broad SMARTS) is 1. The zero-order valence-electron chi connectivity index (χ0n) is 12.2. The van der Waals surface area contributed by atoms with Crippen LogP contribution < -0.4 is 10.6 Å². The first kappa shape index (κ1) is 16.7. The van der Waals surface area contributed by atoms with Crippen LogP contribution in [0.25, 0.3) is 0 Å². The Kier molecular flexibility index (Phi) is 7.32. The number of hydrogen-bond acceptors (Lipinski definition) is 4. The van der Waals surface area contributed by atoms with Gasteiger partial charge in [-0.2, -0.15) is 0 Å². The van der Waals surface area contributed by atoms with Gasteiger partial charge in [-0.15, -0.1) is 0 Å². The van der Waals surface area contributed by atoms with Crippen molar-refractivity contribution < 1.29 is 19.4 Å². The number of amides is 2. The van der Waals surface area contributed by atoms with Crippen molar-refractivity contribution in [2.45, 2.75) is 26.4 Å². The molecule has 3 N–H and O–H groups in total.